The Bertz CT molecular complexity index is 945. The first-order valence-corrected chi connectivity index (χ1v) is 9.18. The molecule has 9 heteroatoms. The third-order valence-electron chi connectivity index (χ3n) is 5.01. The minimum Gasteiger partial charge on any atom is -0.391 e. The molecule has 0 aliphatic heterocycles. The zero-order chi connectivity index (χ0) is 19.5. The lowest BCUT2D eigenvalue weighted by Crippen LogP contribution is -2.47. The molecule has 3 heterocycles. The summed E-state index contributed by atoms with van der Waals surface area (Å²) in [6.45, 7) is 0. The van der Waals surface area contributed by atoms with Crippen LogP contribution in [0.3, 0.4) is 0 Å². The second-order valence-electron chi connectivity index (χ2n) is 6.91. The first-order chi connectivity index (χ1) is 13.6. The van der Waals surface area contributed by atoms with Gasteiger partial charge in [-0.3, -0.25) is 19.4 Å². The molecule has 1 amide bonds. The Hall–Kier alpha value is -3.20. The van der Waals surface area contributed by atoms with E-state index in [-0.39, 0.29) is 23.6 Å². The molecule has 0 aromatic carbocycles. The van der Waals surface area contributed by atoms with Crippen LogP contribution in [0.1, 0.15) is 41.5 Å². The van der Waals surface area contributed by atoms with Crippen LogP contribution in [0, 0.1) is 0 Å². The van der Waals surface area contributed by atoms with Gasteiger partial charge in [0.25, 0.3) is 5.91 Å². The van der Waals surface area contributed by atoms with E-state index >= 15 is 0 Å². The first-order valence-electron chi connectivity index (χ1n) is 9.18. The third-order valence-corrected chi connectivity index (χ3v) is 5.01. The number of hydrogen-bond acceptors (Lipinski definition) is 7. The smallest absolute Gasteiger partial charge is 0.271 e. The number of aliphatic hydroxyl groups excluding tert-OH is 1. The standard InChI is InChI=1S/C19H21N7O2/c1-26-18(24-17(25-26)13-3-2-6-20-10-13)12-4-5-16(27)14(9-12)23-19(28)15-11-21-7-8-22-15/h2-3,6-8,10-12,14,16,27H,4-5,9H2,1H3,(H,23,28)/t12-,14+,16+/m0/s1. The summed E-state index contributed by atoms with van der Waals surface area (Å²) in [6, 6.07) is 3.38. The van der Waals surface area contributed by atoms with E-state index in [0.717, 1.165) is 17.8 Å². The van der Waals surface area contributed by atoms with Gasteiger partial charge in [0.05, 0.1) is 18.3 Å². The summed E-state index contributed by atoms with van der Waals surface area (Å²) in [5, 5.41) is 17.8. The number of carbonyl (C=O) groups excluding carboxylic acids is 1. The van der Waals surface area contributed by atoms with Crippen molar-refractivity contribution in [3.8, 4) is 11.4 Å². The highest BCUT2D eigenvalue weighted by Gasteiger charge is 2.33. The highest BCUT2D eigenvalue weighted by atomic mass is 16.3. The van der Waals surface area contributed by atoms with Crippen molar-refractivity contribution in [2.45, 2.75) is 37.3 Å². The molecule has 0 unspecified atom stereocenters. The molecular formula is C19H21N7O2. The summed E-state index contributed by atoms with van der Waals surface area (Å²) in [7, 11) is 1.86. The lowest BCUT2D eigenvalue weighted by Gasteiger charge is -2.33. The van der Waals surface area contributed by atoms with Crippen LogP contribution in [0.2, 0.25) is 0 Å². The molecule has 4 rings (SSSR count). The van der Waals surface area contributed by atoms with Crippen LogP contribution in [-0.2, 0) is 7.05 Å². The Balaban J connectivity index is 1.50. The molecule has 0 spiro atoms. The van der Waals surface area contributed by atoms with Crippen LogP contribution in [-0.4, -0.2) is 52.9 Å². The van der Waals surface area contributed by atoms with Crippen molar-refractivity contribution in [2.24, 2.45) is 7.05 Å². The Morgan fingerprint density at radius 2 is 2.07 bits per heavy atom. The van der Waals surface area contributed by atoms with Crippen molar-refractivity contribution in [1.29, 1.82) is 0 Å². The fourth-order valence-corrected chi connectivity index (χ4v) is 3.57. The number of aliphatic hydroxyl groups is 1. The Morgan fingerprint density at radius 3 is 2.82 bits per heavy atom. The zero-order valence-electron chi connectivity index (χ0n) is 15.4. The molecule has 1 fully saturated rings. The maximum Gasteiger partial charge on any atom is 0.271 e. The molecule has 2 N–H and O–H groups in total. The number of nitrogens with zero attached hydrogens (tertiary/aromatic N) is 6. The molecule has 1 aliphatic rings. The van der Waals surface area contributed by atoms with Gasteiger partial charge in [-0.05, 0) is 31.4 Å². The number of amides is 1. The molecule has 1 aliphatic carbocycles. The average molecular weight is 379 g/mol. The van der Waals surface area contributed by atoms with Gasteiger partial charge < -0.3 is 10.4 Å². The van der Waals surface area contributed by atoms with Crippen molar-refractivity contribution in [3.05, 3.63) is 54.6 Å². The minimum absolute atomic E-state index is 0.0819. The summed E-state index contributed by atoms with van der Waals surface area (Å²) < 4.78 is 1.77. The second kappa shape index (κ2) is 7.81. The first kappa shape index (κ1) is 18.2. The predicted octanol–water partition coefficient (Wildman–Crippen LogP) is 1.09. The third kappa shape index (κ3) is 3.74. The predicted molar refractivity (Wildman–Crippen MR) is 100 cm³/mol. The van der Waals surface area contributed by atoms with E-state index < -0.39 is 6.10 Å². The van der Waals surface area contributed by atoms with Gasteiger partial charge in [-0.15, -0.1) is 0 Å². The summed E-state index contributed by atoms with van der Waals surface area (Å²) in [6.07, 6.45) is 9.14. The normalized spacial score (nSPS) is 22.0. The number of pyridine rings is 1. The van der Waals surface area contributed by atoms with Gasteiger partial charge in [0.1, 0.15) is 11.5 Å². The quantitative estimate of drug-likeness (QED) is 0.696. The van der Waals surface area contributed by atoms with Gasteiger partial charge in [-0.2, -0.15) is 5.10 Å². The highest BCUT2D eigenvalue weighted by Crippen LogP contribution is 2.33. The molecule has 3 aromatic rings. The van der Waals surface area contributed by atoms with Gasteiger partial charge in [-0.25, -0.2) is 9.97 Å². The summed E-state index contributed by atoms with van der Waals surface area (Å²) in [4.78, 5) is 29.1. The monoisotopic (exact) mass is 379 g/mol. The van der Waals surface area contributed by atoms with Crippen LogP contribution in [0.15, 0.2) is 43.1 Å². The fourth-order valence-electron chi connectivity index (χ4n) is 3.57. The van der Waals surface area contributed by atoms with Crippen molar-refractivity contribution >= 4 is 5.91 Å². The second-order valence-corrected chi connectivity index (χ2v) is 6.91. The van der Waals surface area contributed by atoms with Crippen LogP contribution >= 0.6 is 0 Å². The van der Waals surface area contributed by atoms with E-state index in [1.807, 2.05) is 19.2 Å². The molecular weight excluding hydrogens is 358 g/mol. The Labute approximate surface area is 161 Å². The maximum atomic E-state index is 12.4. The van der Waals surface area contributed by atoms with Gasteiger partial charge in [-0.1, -0.05) is 0 Å². The van der Waals surface area contributed by atoms with E-state index in [4.69, 9.17) is 4.98 Å². The molecule has 3 atom stereocenters. The number of aromatic nitrogens is 6. The Morgan fingerprint density at radius 1 is 1.21 bits per heavy atom. The average Bonchev–Trinajstić information content (AvgIpc) is 3.12. The van der Waals surface area contributed by atoms with Crippen molar-refractivity contribution < 1.29 is 9.90 Å². The highest BCUT2D eigenvalue weighted by molar-refractivity contribution is 5.92. The van der Waals surface area contributed by atoms with E-state index in [9.17, 15) is 9.90 Å². The molecule has 0 saturated heterocycles. The lowest BCUT2D eigenvalue weighted by molar-refractivity contribution is 0.0666. The minimum atomic E-state index is -0.608. The molecule has 0 radical (unpaired) electrons. The molecule has 3 aromatic heterocycles. The SMILES string of the molecule is Cn1nc(-c2cccnc2)nc1[C@H]1CC[C@@H](O)[C@H](NC(=O)c2cnccn2)C1. The van der Waals surface area contributed by atoms with Gasteiger partial charge >= 0.3 is 0 Å². The molecule has 28 heavy (non-hydrogen) atoms. The summed E-state index contributed by atoms with van der Waals surface area (Å²) >= 11 is 0. The van der Waals surface area contributed by atoms with Crippen LogP contribution < -0.4 is 5.32 Å². The van der Waals surface area contributed by atoms with Gasteiger partial charge in [0.2, 0.25) is 0 Å². The van der Waals surface area contributed by atoms with Gasteiger partial charge in [0, 0.05) is 43.3 Å². The number of nitrogens with one attached hydrogen (secondary N) is 1. The number of hydrogen-bond donors (Lipinski definition) is 2. The Kier molecular flexibility index (Phi) is 5.07. The number of carbonyl (C=O) groups is 1. The molecule has 0 bridgehead atoms. The molecule has 1 saturated carbocycles. The topological polar surface area (TPSA) is 119 Å². The van der Waals surface area contributed by atoms with E-state index in [2.05, 4.69) is 25.4 Å². The van der Waals surface area contributed by atoms with Crippen molar-refractivity contribution in [2.75, 3.05) is 0 Å². The lowest BCUT2D eigenvalue weighted by atomic mass is 9.83. The van der Waals surface area contributed by atoms with E-state index in [0.29, 0.717) is 18.7 Å². The van der Waals surface area contributed by atoms with Crippen LogP contribution in [0.5, 0.6) is 0 Å². The maximum absolute atomic E-state index is 12.4. The van der Waals surface area contributed by atoms with Crippen molar-refractivity contribution in [3.63, 3.8) is 0 Å². The number of aryl methyl sites for hydroxylation is 1. The summed E-state index contributed by atoms with van der Waals surface area (Å²) in [5.74, 6) is 1.20. The number of rotatable bonds is 4. The molecule has 9 nitrogen and oxygen atoms in total. The van der Waals surface area contributed by atoms with E-state index in [1.54, 1.807) is 17.1 Å². The van der Waals surface area contributed by atoms with Crippen LogP contribution in [0.25, 0.3) is 11.4 Å². The molecule has 144 valence electrons. The van der Waals surface area contributed by atoms with Gasteiger partial charge in [0.15, 0.2) is 5.82 Å². The largest absolute Gasteiger partial charge is 0.391 e. The van der Waals surface area contributed by atoms with E-state index in [1.165, 1.54) is 18.6 Å². The zero-order valence-corrected chi connectivity index (χ0v) is 15.4. The van der Waals surface area contributed by atoms with Crippen molar-refractivity contribution in [1.82, 2.24) is 35.0 Å². The fraction of sp³-hybridized carbons (Fsp3) is 0.368. The summed E-state index contributed by atoms with van der Waals surface area (Å²) in [5.41, 5.74) is 1.09. The van der Waals surface area contributed by atoms with Crippen LogP contribution in [0.4, 0.5) is 0 Å².